The molecule has 2 aromatic carbocycles. The molecule has 0 saturated heterocycles. The molecule has 2 aromatic rings. The van der Waals surface area contributed by atoms with Gasteiger partial charge in [-0.2, -0.15) is 0 Å². The summed E-state index contributed by atoms with van der Waals surface area (Å²) in [7, 11) is -2.01. The van der Waals surface area contributed by atoms with Gasteiger partial charge in [-0.3, -0.25) is 0 Å². The summed E-state index contributed by atoms with van der Waals surface area (Å²) in [4.78, 5) is 0.159. The standard InChI is InChI=1S/C17H19NO5S/c1-21-15-5-3-2-4-13(15)8-9-18-24(19,20)14-6-7-16-17(12-14)23-11-10-22-16/h2-7,12,18H,8-11H2,1H3. The van der Waals surface area contributed by atoms with Crippen molar-refractivity contribution in [3.05, 3.63) is 48.0 Å². The van der Waals surface area contributed by atoms with Gasteiger partial charge in [-0.05, 0) is 30.2 Å². The van der Waals surface area contributed by atoms with Crippen LogP contribution < -0.4 is 18.9 Å². The summed E-state index contributed by atoms with van der Waals surface area (Å²) in [6, 6.07) is 12.2. The number of methoxy groups -OCH3 is 1. The molecule has 0 bridgehead atoms. The average Bonchev–Trinajstić information content (AvgIpc) is 2.61. The van der Waals surface area contributed by atoms with E-state index in [1.807, 2.05) is 24.3 Å². The molecule has 0 aromatic heterocycles. The van der Waals surface area contributed by atoms with Crippen molar-refractivity contribution in [3.63, 3.8) is 0 Å². The maximum Gasteiger partial charge on any atom is 0.240 e. The summed E-state index contributed by atoms with van der Waals surface area (Å²) in [5.41, 5.74) is 0.949. The monoisotopic (exact) mass is 349 g/mol. The van der Waals surface area contributed by atoms with Gasteiger partial charge in [0.1, 0.15) is 19.0 Å². The van der Waals surface area contributed by atoms with Gasteiger partial charge in [0.2, 0.25) is 10.0 Å². The van der Waals surface area contributed by atoms with E-state index in [0.29, 0.717) is 31.1 Å². The molecule has 0 fully saturated rings. The van der Waals surface area contributed by atoms with Crippen LogP contribution in [-0.4, -0.2) is 35.3 Å². The molecule has 1 aliphatic rings. The number of nitrogens with one attached hydrogen (secondary N) is 1. The Bertz CT molecular complexity index is 819. The van der Waals surface area contributed by atoms with Crippen LogP contribution in [-0.2, 0) is 16.4 Å². The molecule has 1 N–H and O–H groups in total. The van der Waals surface area contributed by atoms with Gasteiger partial charge in [-0.15, -0.1) is 0 Å². The topological polar surface area (TPSA) is 73.9 Å². The zero-order valence-electron chi connectivity index (χ0n) is 13.3. The van der Waals surface area contributed by atoms with Crippen molar-refractivity contribution in [2.75, 3.05) is 26.9 Å². The molecule has 0 unspecified atom stereocenters. The van der Waals surface area contributed by atoms with Crippen LogP contribution in [0, 0.1) is 0 Å². The highest BCUT2D eigenvalue weighted by Crippen LogP contribution is 2.32. The van der Waals surface area contributed by atoms with Crippen molar-refractivity contribution in [3.8, 4) is 17.2 Å². The molecule has 0 radical (unpaired) electrons. The Balaban J connectivity index is 1.68. The maximum atomic E-state index is 12.4. The zero-order valence-corrected chi connectivity index (χ0v) is 14.1. The first-order chi connectivity index (χ1) is 11.6. The molecular weight excluding hydrogens is 330 g/mol. The Labute approximate surface area is 141 Å². The van der Waals surface area contributed by atoms with Crippen molar-refractivity contribution in [2.45, 2.75) is 11.3 Å². The van der Waals surface area contributed by atoms with Crippen LogP contribution in [0.25, 0.3) is 0 Å². The van der Waals surface area contributed by atoms with Crippen molar-refractivity contribution in [2.24, 2.45) is 0 Å². The van der Waals surface area contributed by atoms with Gasteiger partial charge in [0.15, 0.2) is 11.5 Å². The number of benzene rings is 2. The van der Waals surface area contributed by atoms with Crippen LogP contribution in [0.2, 0.25) is 0 Å². The van der Waals surface area contributed by atoms with E-state index < -0.39 is 10.0 Å². The van der Waals surface area contributed by atoms with E-state index in [-0.39, 0.29) is 11.4 Å². The minimum Gasteiger partial charge on any atom is -0.496 e. The molecule has 0 aliphatic carbocycles. The molecule has 1 heterocycles. The predicted molar refractivity (Wildman–Crippen MR) is 89.3 cm³/mol. The predicted octanol–water partition coefficient (Wildman–Crippen LogP) is 1.99. The molecule has 128 valence electrons. The lowest BCUT2D eigenvalue weighted by Gasteiger charge is -2.19. The molecule has 0 saturated carbocycles. The molecule has 0 spiro atoms. The Morgan fingerprint density at radius 3 is 2.62 bits per heavy atom. The highest BCUT2D eigenvalue weighted by molar-refractivity contribution is 7.89. The highest BCUT2D eigenvalue weighted by Gasteiger charge is 2.19. The lowest BCUT2D eigenvalue weighted by Crippen LogP contribution is -2.26. The SMILES string of the molecule is COc1ccccc1CCNS(=O)(=O)c1ccc2c(c1)OCCO2. The number of rotatable bonds is 6. The number of para-hydroxylation sites is 1. The molecule has 0 amide bonds. The fraction of sp³-hybridized carbons (Fsp3) is 0.294. The molecule has 3 rings (SSSR count). The Morgan fingerprint density at radius 2 is 1.83 bits per heavy atom. The van der Waals surface area contributed by atoms with Gasteiger partial charge in [-0.25, -0.2) is 13.1 Å². The number of hydrogen-bond donors (Lipinski definition) is 1. The van der Waals surface area contributed by atoms with Crippen LogP contribution in [0.1, 0.15) is 5.56 Å². The largest absolute Gasteiger partial charge is 0.496 e. The Morgan fingerprint density at radius 1 is 1.08 bits per heavy atom. The van der Waals surface area contributed by atoms with E-state index >= 15 is 0 Å². The van der Waals surface area contributed by atoms with Gasteiger partial charge in [0.25, 0.3) is 0 Å². The smallest absolute Gasteiger partial charge is 0.240 e. The van der Waals surface area contributed by atoms with Gasteiger partial charge >= 0.3 is 0 Å². The molecule has 7 heteroatoms. The summed E-state index contributed by atoms with van der Waals surface area (Å²) in [6.07, 6.45) is 0.536. The third-order valence-corrected chi connectivity index (χ3v) is 5.16. The summed E-state index contributed by atoms with van der Waals surface area (Å²) in [5.74, 6) is 1.76. The lowest BCUT2D eigenvalue weighted by molar-refractivity contribution is 0.171. The van der Waals surface area contributed by atoms with Crippen LogP contribution in [0.5, 0.6) is 17.2 Å². The third-order valence-electron chi connectivity index (χ3n) is 3.70. The maximum absolute atomic E-state index is 12.4. The van der Waals surface area contributed by atoms with E-state index in [0.717, 1.165) is 11.3 Å². The summed E-state index contributed by atoms with van der Waals surface area (Å²) < 4.78 is 43.5. The second-order valence-corrected chi connectivity index (χ2v) is 7.03. The normalized spacial score (nSPS) is 13.5. The second kappa shape index (κ2) is 7.11. The highest BCUT2D eigenvalue weighted by atomic mass is 32.2. The number of ether oxygens (including phenoxy) is 3. The minimum absolute atomic E-state index is 0.159. The van der Waals surface area contributed by atoms with Gasteiger partial charge in [0.05, 0.1) is 12.0 Å². The van der Waals surface area contributed by atoms with Crippen LogP contribution in [0.3, 0.4) is 0 Å². The fourth-order valence-corrected chi connectivity index (χ4v) is 3.55. The first kappa shape index (κ1) is 16.6. The molecule has 24 heavy (non-hydrogen) atoms. The van der Waals surface area contributed by atoms with E-state index in [9.17, 15) is 8.42 Å². The van der Waals surface area contributed by atoms with Crippen LogP contribution in [0.4, 0.5) is 0 Å². The average molecular weight is 349 g/mol. The Kier molecular flexibility index (Phi) is 4.92. The first-order valence-corrected chi connectivity index (χ1v) is 9.10. The number of fused-ring (bicyclic) bond motifs is 1. The van der Waals surface area contributed by atoms with Gasteiger partial charge < -0.3 is 14.2 Å². The lowest BCUT2D eigenvalue weighted by atomic mass is 10.1. The van der Waals surface area contributed by atoms with Crippen LogP contribution >= 0.6 is 0 Å². The summed E-state index contributed by atoms with van der Waals surface area (Å²) in [5, 5.41) is 0. The molecule has 6 nitrogen and oxygen atoms in total. The number of hydrogen-bond acceptors (Lipinski definition) is 5. The first-order valence-electron chi connectivity index (χ1n) is 7.61. The van der Waals surface area contributed by atoms with Crippen LogP contribution in [0.15, 0.2) is 47.4 Å². The zero-order chi connectivity index (χ0) is 17.0. The Hall–Kier alpha value is -2.25. The summed E-state index contributed by atoms with van der Waals surface area (Å²) in [6.45, 7) is 1.16. The van der Waals surface area contributed by atoms with Crippen molar-refractivity contribution in [1.29, 1.82) is 0 Å². The fourth-order valence-electron chi connectivity index (χ4n) is 2.50. The van der Waals surface area contributed by atoms with Crippen molar-refractivity contribution < 1.29 is 22.6 Å². The van der Waals surface area contributed by atoms with E-state index in [1.165, 1.54) is 12.1 Å². The summed E-state index contributed by atoms with van der Waals surface area (Å²) >= 11 is 0. The third kappa shape index (κ3) is 3.63. The van der Waals surface area contributed by atoms with E-state index in [1.54, 1.807) is 13.2 Å². The van der Waals surface area contributed by atoms with E-state index in [2.05, 4.69) is 4.72 Å². The second-order valence-electron chi connectivity index (χ2n) is 5.27. The molecule has 1 aliphatic heterocycles. The van der Waals surface area contributed by atoms with Gasteiger partial charge in [0, 0.05) is 12.6 Å². The quantitative estimate of drug-likeness (QED) is 0.863. The number of sulfonamides is 1. The van der Waals surface area contributed by atoms with Gasteiger partial charge in [-0.1, -0.05) is 18.2 Å². The molecular formula is C17H19NO5S. The minimum atomic E-state index is -3.61. The molecule has 0 atom stereocenters. The van der Waals surface area contributed by atoms with Crippen molar-refractivity contribution >= 4 is 10.0 Å². The van der Waals surface area contributed by atoms with Crippen molar-refractivity contribution in [1.82, 2.24) is 4.72 Å². The van der Waals surface area contributed by atoms with E-state index in [4.69, 9.17) is 14.2 Å².